The van der Waals surface area contributed by atoms with Crippen LogP contribution in [0, 0.1) is 0 Å². The zero-order chi connectivity index (χ0) is 12.3. The van der Waals surface area contributed by atoms with Gasteiger partial charge in [0.25, 0.3) is 0 Å². The van der Waals surface area contributed by atoms with Crippen LogP contribution in [-0.2, 0) is 15.1 Å². The molecule has 0 radical (unpaired) electrons. The minimum Gasteiger partial charge on any atom is -0.380 e. The maximum Gasteiger partial charge on any atom is 0.189 e. The number of methoxy groups -OCH3 is 2. The molecule has 1 rings (SSSR count). The smallest absolute Gasteiger partial charge is 0.189 e. The highest BCUT2D eigenvalue weighted by atomic mass is 35.5. The van der Waals surface area contributed by atoms with Crippen LogP contribution in [0.25, 0.3) is 0 Å². The molecule has 0 heterocycles. The van der Waals surface area contributed by atoms with Gasteiger partial charge in [0.1, 0.15) is 5.60 Å². The van der Waals surface area contributed by atoms with Gasteiger partial charge in [-0.3, -0.25) is 0 Å². The van der Waals surface area contributed by atoms with E-state index in [0.717, 1.165) is 0 Å². The Labute approximate surface area is 105 Å². The second-order valence-electron chi connectivity index (χ2n) is 3.58. The Morgan fingerprint density at radius 1 is 1.25 bits per heavy atom. The Balaban J connectivity index is 3.19. The number of ether oxygens (including phenoxy) is 2. The highest BCUT2D eigenvalue weighted by Gasteiger charge is 2.36. The number of aliphatic hydroxyl groups is 1. The molecule has 3 nitrogen and oxygen atoms in total. The van der Waals surface area contributed by atoms with Crippen LogP contribution >= 0.6 is 23.2 Å². The third kappa shape index (κ3) is 2.67. The monoisotopic (exact) mass is 264 g/mol. The molecule has 0 fully saturated rings. The summed E-state index contributed by atoms with van der Waals surface area (Å²) in [5.74, 6) is 0. The van der Waals surface area contributed by atoms with Crippen molar-refractivity contribution in [2.24, 2.45) is 0 Å². The Morgan fingerprint density at radius 3 is 2.31 bits per heavy atom. The van der Waals surface area contributed by atoms with Gasteiger partial charge < -0.3 is 14.6 Å². The molecule has 0 aliphatic rings. The van der Waals surface area contributed by atoms with E-state index in [1.165, 1.54) is 14.2 Å². The molecule has 0 aliphatic carbocycles. The number of rotatable bonds is 4. The van der Waals surface area contributed by atoms with Gasteiger partial charge in [-0.05, 0) is 25.1 Å². The Bertz CT molecular complexity index is 362. The summed E-state index contributed by atoms with van der Waals surface area (Å²) in [7, 11) is 2.89. The normalized spacial score (nSPS) is 15.2. The molecule has 0 aromatic heterocycles. The molecule has 1 aromatic rings. The quantitative estimate of drug-likeness (QED) is 0.851. The first-order valence-corrected chi connectivity index (χ1v) is 5.42. The third-order valence-electron chi connectivity index (χ3n) is 2.36. The summed E-state index contributed by atoms with van der Waals surface area (Å²) in [4.78, 5) is 0. The Hall–Kier alpha value is -0.320. The van der Waals surface area contributed by atoms with E-state index < -0.39 is 11.9 Å². The van der Waals surface area contributed by atoms with Crippen LogP contribution in [0.2, 0.25) is 10.0 Å². The van der Waals surface area contributed by atoms with Crippen molar-refractivity contribution in [1.82, 2.24) is 0 Å². The van der Waals surface area contributed by atoms with Gasteiger partial charge in [0, 0.05) is 29.8 Å². The first kappa shape index (κ1) is 13.7. The van der Waals surface area contributed by atoms with Crippen molar-refractivity contribution < 1.29 is 14.6 Å². The van der Waals surface area contributed by atoms with Gasteiger partial charge >= 0.3 is 0 Å². The average Bonchev–Trinajstić information content (AvgIpc) is 2.23. The van der Waals surface area contributed by atoms with E-state index in [1.807, 2.05) is 0 Å². The summed E-state index contributed by atoms with van der Waals surface area (Å²) < 4.78 is 10.1. The molecule has 0 aliphatic heterocycles. The van der Waals surface area contributed by atoms with Gasteiger partial charge in [0.05, 0.1) is 0 Å². The fraction of sp³-hybridized carbons (Fsp3) is 0.455. The summed E-state index contributed by atoms with van der Waals surface area (Å²) in [6.07, 6.45) is -0.816. The van der Waals surface area contributed by atoms with Gasteiger partial charge in [-0.25, -0.2) is 0 Å². The zero-order valence-corrected chi connectivity index (χ0v) is 10.8. The van der Waals surface area contributed by atoms with Crippen LogP contribution in [0.4, 0.5) is 0 Å². The van der Waals surface area contributed by atoms with Crippen molar-refractivity contribution in [3.63, 3.8) is 0 Å². The third-order valence-corrected chi connectivity index (χ3v) is 2.93. The largest absolute Gasteiger partial charge is 0.380 e. The van der Waals surface area contributed by atoms with Gasteiger partial charge in [0.2, 0.25) is 0 Å². The van der Waals surface area contributed by atoms with Crippen LogP contribution in [0.5, 0.6) is 0 Å². The average molecular weight is 265 g/mol. The minimum atomic E-state index is -1.37. The molecular weight excluding hydrogens is 251 g/mol. The molecule has 16 heavy (non-hydrogen) atoms. The van der Waals surface area contributed by atoms with Gasteiger partial charge in [-0.15, -0.1) is 0 Å². The van der Waals surface area contributed by atoms with E-state index in [0.29, 0.717) is 15.6 Å². The molecule has 0 saturated carbocycles. The molecule has 0 amide bonds. The lowest BCUT2D eigenvalue weighted by molar-refractivity contribution is -0.213. The zero-order valence-electron chi connectivity index (χ0n) is 9.33. The second-order valence-corrected chi connectivity index (χ2v) is 4.42. The summed E-state index contributed by atoms with van der Waals surface area (Å²) in [5.41, 5.74) is -0.902. The van der Waals surface area contributed by atoms with Crippen molar-refractivity contribution in [3.05, 3.63) is 33.8 Å². The number of halogens is 2. The van der Waals surface area contributed by atoms with Crippen LogP contribution < -0.4 is 0 Å². The fourth-order valence-corrected chi connectivity index (χ4v) is 2.05. The standard InChI is InChI=1S/C11H14Cl2O3/c1-11(14,10(15-2)16-3)8-6-7(12)4-5-9(8)13/h4-6,10,14H,1-3H3. The highest BCUT2D eigenvalue weighted by Crippen LogP contribution is 2.34. The van der Waals surface area contributed by atoms with E-state index in [2.05, 4.69) is 0 Å². The molecular formula is C11H14Cl2O3. The molecule has 5 heteroatoms. The molecule has 1 atom stereocenters. The molecule has 90 valence electrons. The second kappa shape index (κ2) is 5.34. The maximum absolute atomic E-state index is 10.4. The van der Waals surface area contributed by atoms with E-state index in [1.54, 1.807) is 25.1 Å². The topological polar surface area (TPSA) is 38.7 Å². The summed E-state index contributed by atoms with van der Waals surface area (Å²) in [6.45, 7) is 1.56. The Morgan fingerprint density at radius 2 is 1.81 bits per heavy atom. The summed E-state index contributed by atoms with van der Waals surface area (Å²) in [6, 6.07) is 4.86. The molecule has 0 saturated heterocycles. The van der Waals surface area contributed by atoms with Crippen molar-refractivity contribution >= 4 is 23.2 Å². The molecule has 0 bridgehead atoms. The molecule has 0 spiro atoms. The predicted molar refractivity (Wildman–Crippen MR) is 63.8 cm³/mol. The molecule has 1 unspecified atom stereocenters. The first-order valence-electron chi connectivity index (χ1n) is 4.67. The SMILES string of the molecule is COC(OC)C(C)(O)c1cc(Cl)ccc1Cl. The number of hydrogen-bond donors (Lipinski definition) is 1. The van der Waals surface area contributed by atoms with Crippen LogP contribution in [0.15, 0.2) is 18.2 Å². The molecule has 1 aromatic carbocycles. The van der Waals surface area contributed by atoms with E-state index in [9.17, 15) is 5.11 Å². The Kier molecular flexibility index (Phi) is 4.59. The van der Waals surface area contributed by atoms with Gasteiger partial charge in [-0.1, -0.05) is 23.2 Å². The van der Waals surface area contributed by atoms with Crippen molar-refractivity contribution in [2.75, 3.05) is 14.2 Å². The lowest BCUT2D eigenvalue weighted by atomic mass is 9.95. The minimum absolute atomic E-state index is 0.411. The first-order chi connectivity index (χ1) is 7.43. The van der Waals surface area contributed by atoms with Gasteiger partial charge in [0.15, 0.2) is 6.29 Å². The lowest BCUT2D eigenvalue weighted by Crippen LogP contribution is -2.39. The van der Waals surface area contributed by atoms with Crippen molar-refractivity contribution in [2.45, 2.75) is 18.8 Å². The predicted octanol–water partition coefficient (Wildman–Crippen LogP) is 2.82. The summed E-state index contributed by atoms with van der Waals surface area (Å²) in [5, 5.41) is 11.3. The number of hydrogen-bond acceptors (Lipinski definition) is 3. The van der Waals surface area contributed by atoms with Gasteiger partial charge in [-0.2, -0.15) is 0 Å². The van der Waals surface area contributed by atoms with E-state index in [-0.39, 0.29) is 0 Å². The summed E-state index contributed by atoms with van der Waals surface area (Å²) >= 11 is 11.9. The van der Waals surface area contributed by atoms with Crippen LogP contribution in [-0.4, -0.2) is 25.6 Å². The van der Waals surface area contributed by atoms with Crippen LogP contribution in [0.1, 0.15) is 12.5 Å². The number of benzene rings is 1. The van der Waals surface area contributed by atoms with Crippen molar-refractivity contribution in [3.8, 4) is 0 Å². The van der Waals surface area contributed by atoms with Crippen LogP contribution in [0.3, 0.4) is 0 Å². The van der Waals surface area contributed by atoms with Crippen molar-refractivity contribution in [1.29, 1.82) is 0 Å². The highest BCUT2D eigenvalue weighted by molar-refractivity contribution is 6.33. The maximum atomic E-state index is 10.4. The lowest BCUT2D eigenvalue weighted by Gasteiger charge is -2.31. The fourth-order valence-electron chi connectivity index (χ4n) is 1.57. The van der Waals surface area contributed by atoms with E-state index >= 15 is 0 Å². The van der Waals surface area contributed by atoms with E-state index in [4.69, 9.17) is 32.7 Å². The molecule has 1 N–H and O–H groups in total.